The number of sulfone groups is 1. The molecule has 2 aromatic carbocycles. The molecule has 3 aromatic rings. The van der Waals surface area contributed by atoms with Crippen molar-refractivity contribution in [3.63, 3.8) is 0 Å². The van der Waals surface area contributed by atoms with Crippen LogP contribution in [0.5, 0.6) is 17.2 Å². The van der Waals surface area contributed by atoms with Gasteiger partial charge in [0.2, 0.25) is 7.37 Å². The van der Waals surface area contributed by atoms with Crippen LogP contribution < -0.4 is 14.8 Å². The van der Waals surface area contributed by atoms with Gasteiger partial charge in [-0.1, -0.05) is 0 Å². The average Bonchev–Trinajstić information content (AvgIpc) is 3.23. The highest BCUT2D eigenvalue weighted by Gasteiger charge is 2.21. The molecule has 212 valence electrons. The number of hydrogen-bond donors (Lipinski definition) is 2. The molecule has 0 saturated carbocycles. The lowest BCUT2D eigenvalue weighted by atomic mass is 10.2. The summed E-state index contributed by atoms with van der Waals surface area (Å²) in [6, 6.07) is 10.6. The van der Waals surface area contributed by atoms with E-state index in [9.17, 15) is 22.9 Å². The van der Waals surface area contributed by atoms with E-state index >= 15 is 0 Å². The monoisotopic (exact) mass is 596 g/mol. The predicted octanol–water partition coefficient (Wildman–Crippen LogP) is 5.57. The van der Waals surface area contributed by atoms with Crippen LogP contribution in [0, 0.1) is 0 Å². The largest absolute Gasteiger partial charge is 0.490 e. The molecule has 2 N–H and O–H groups in total. The Hall–Kier alpha value is -2.76. The average molecular weight is 597 g/mol. The van der Waals surface area contributed by atoms with Crippen molar-refractivity contribution in [2.24, 2.45) is 0 Å². The minimum Gasteiger partial charge on any atom is -0.490 e. The Bertz CT molecular complexity index is 1440. The highest BCUT2D eigenvalue weighted by atomic mass is 32.2. The van der Waals surface area contributed by atoms with E-state index in [0.29, 0.717) is 34.5 Å². The number of carbonyl (C=O) groups is 1. The van der Waals surface area contributed by atoms with E-state index in [1.807, 2.05) is 13.8 Å². The highest BCUT2D eigenvalue weighted by Crippen LogP contribution is 2.47. The van der Waals surface area contributed by atoms with Crippen LogP contribution in [0.25, 0.3) is 0 Å². The summed E-state index contributed by atoms with van der Waals surface area (Å²) in [7, 11) is -6.24. The number of amides is 1. The number of thiazole rings is 1. The number of ether oxygens (including phenoxy) is 2. The van der Waals surface area contributed by atoms with Gasteiger partial charge in [0.15, 0.2) is 15.0 Å². The Morgan fingerprint density at radius 2 is 1.77 bits per heavy atom. The minimum atomic E-state index is -3.36. The van der Waals surface area contributed by atoms with Crippen molar-refractivity contribution in [3.05, 3.63) is 59.1 Å². The Kier molecular flexibility index (Phi) is 10.3. The first-order valence-electron chi connectivity index (χ1n) is 12.2. The van der Waals surface area contributed by atoms with Crippen molar-refractivity contribution >= 4 is 39.6 Å². The van der Waals surface area contributed by atoms with E-state index in [-0.39, 0.29) is 35.4 Å². The molecular formula is C26H33N2O8PS2. The van der Waals surface area contributed by atoms with Crippen LogP contribution in [0.3, 0.4) is 0 Å². The molecule has 10 nitrogen and oxygen atoms in total. The number of aliphatic hydroxyl groups is 1. The van der Waals surface area contributed by atoms with Crippen LogP contribution in [0.1, 0.15) is 43.2 Å². The third kappa shape index (κ3) is 9.74. The van der Waals surface area contributed by atoms with Crippen LogP contribution in [0.15, 0.2) is 52.7 Å². The summed E-state index contributed by atoms with van der Waals surface area (Å²) in [5, 5.41) is 14.0. The summed E-state index contributed by atoms with van der Waals surface area (Å²) in [6.45, 7) is 6.92. The lowest BCUT2D eigenvalue weighted by Gasteiger charge is -2.16. The minimum absolute atomic E-state index is 0.0589. The molecule has 1 amide bonds. The molecule has 1 aromatic heterocycles. The summed E-state index contributed by atoms with van der Waals surface area (Å²) in [5.74, 6) is 0.542. The van der Waals surface area contributed by atoms with E-state index < -0.39 is 23.1 Å². The standard InChI is InChI=1S/C26H33N2O8PS2/c1-17(2)36-37(4,31)15-20-16-38-26(27-20)28-25(30)19-12-22(34-18(3)10-11-29)14-23(13-19)35-21-6-8-24(9-7-21)39(5,32)33/h6-9,12-14,16-18,29H,10-11,15H2,1-5H3,(H,27,28,30)/t18-,37?/m0/s1. The predicted molar refractivity (Wildman–Crippen MR) is 151 cm³/mol. The van der Waals surface area contributed by atoms with Gasteiger partial charge in [0.1, 0.15) is 17.2 Å². The molecule has 0 aliphatic heterocycles. The van der Waals surface area contributed by atoms with Crippen LogP contribution in [-0.4, -0.2) is 56.2 Å². The molecular weight excluding hydrogens is 563 g/mol. The second-order valence-corrected chi connectivity index (χ2v) is 14.8. The number of aromatic nitrogens is 1. The maximum Gasteiger partial charge on any atom is 0.257 e. The number of aliphatic hydroxyl groups excluding tert-OH is 1. The molecule has 0 saturated heterocycles. The van der Waals surface area contributed by atoms with Gasteiger partial charge in [-0.3, -0.25) is 14.7 Å². The Morgan fingerprint density at radius 3 is 2.38 bits per heavy atom. The molecule has 3 rings (SSSR count). The smallest absolute Gasteiger partial charge is 0.257 e. The Balaban J connectivity index is 1.82. The van der Waals surface area contributed by atoms with Crippen molar-refractivity contribution in [1.29, 1.82) is 0 Å². The third-order valence-electron chi connectivity index (χ3n) is 5.16. The summed E-state index contributed by atoms with van der Waals surface area (Å²) < 4.78 is 53.4. The van der Waals surface area contributed by atoms with Gasteiger partial charge in [-0.05, 0) is 57.2 Å². The zero-order chi connectivity index (χ0) is 28.8. The fourth-order valence-corrected chi connectivity index (χ4v) is 6.75. The molecule has 39 heavy (non-hydrogen) atoms. The fourth-order valence-electron chi connectivity index (χ4n) is 3.58. The molecule has 1 unspecified atom stereocenters. The summed E-state index contributed by atoms with van der Waals surface area (Å²) in [5.41, 5.74) is 0.783. The number of rotatable bonds is 13. The first-order valence-corrected chi connectivity index (χ1v) is 17.2. The zero-order valence-electron chi connectivity index (χ0n) is 22.4. The van der Waals surface area contributed by atoms with Crippen molar-refractivity contribution < 1.29 is 36.9 Å². The van der Waals surface area contributed by atoms with Gasteiger partial charge in [0.25, 0.3) is 5.91 Å². The van der Waals surface area contributed by atoms with E-state index in [1.165, 1.54) is 41.7 Å². The maximum absolute atomic E-state index is 13.1. The first-order chi connectivity index (χ1) is 18.2. The molecule has 0 radical (unpaired) electrons. The zero-order valence-corrected chi connectivity index (χ0v) is 24.9. The number of nitrogens with zero attached hydrogens (tertiary/aromatic N) is 1. The Labute approximate surface area is 232 Å². The summed E-state index contributed by atoms with van der Waals surface area (Å²) >= 11 is 1.20. The number of benzene rings is 2. The van der Waals surface area contributed by atoms with Crippen LogP contribution >= 0.6 is 18.7 Å². The van der Waals surface area contributed by atoms with Crippen LogP contribution in [0.4, 0.5) is 5.13 Å². The number of anilines is 1. The second kappa shape index (κ2) is 13.1. The topological polar surface area (TPSA) is 141 Å². The lowest BCUT2D eigenvalue weighted by Crippen LogP contribution is -2.15. The Morgan fingerprint density at radius 1 is 1.10 bits per heavy atom. The molecule has 2 atom stereocenters. The maximum atomic E-state index is 13.1. The van der Waals surface area contributed by atoms with E-state index in [2.05, 4.69) is 10.3 Å². The van der Waals surface area contributed by atoms with Gasteiger partial charge in [0, 0.05) is 43.0 Å². The molecule has 13 heteroatoms. The van der Waals surface area contributed by atoms with E-state index in [4.69, 9.17) is 14.0 Å². The van der Waals surface area contributed by atoms with Gasteiger partial charge < -0.3 is 19.1 Å². The van der Waals surface area contributed by atoms with Crippen molar-refractivity contribution in [2.75, 3.05) is 24.8 Å². The van der Waals surface area contributed by atoms with Gasteiger partial charge >= 0.3 is 0 Å². The van der Waals surface area contributed by atoms with Crippen LogP contribution in [0.2, 0.25) is 0 Å². The first kappa shape index (κ1) is 30.8. The van der Waals surface area contributed by atoms with E-state index in [0.717, 1.165) is 6.26 Å². The molecule has 0 aliphatic rings. The number of carbonyl (C=O) groups excluding carboxylic acids is 1. The van der Waals surface area contributed by atoms with Gasteiger partial charge in [-0.25, -0.2) is 13.4 Å². The molecule has 0 aliphatic carbocycles. The van der Waals surface area contributed by atoms with Crippen molar-refractivity contribution in [1.82, 2.24) is 4.98 Å². The SMILES string of the molecule is CC(C)OP(C)(=O)Cc1csc(NC(=O)c2cc(Oc3ccc(S(C)(=O)=O)cc3)cc(O[C@@H](C)CCO)c2)n1. The fraction of sp³-hybridized carbons (Fsp3) is 0.385. The van der Waals surface area contributed by atoms with Crippen molar-refractivity contribution in [3.8, 4) is 17.2 Å². The number of nitrogens with one attached hydrogen (secondary N) is 1. The van der Waals surface area contributed by atoms with Gasteiger partial charge in [0.05, 0.1) is 29.0 Å². The normalized spacial score (nSPS) is 14.0. The lowest BCUT2D eigenvalue weighted by molar-refractivity contribution is 0.102. The van der Waals surface area contributed by atoms with Gasteiger partial charge in [-0.2, -0.15) is 0 Å². The molecule has 0 fully saturated rings. The molecule has 0 bridgehead atoms. The van der Waals surface area contributed by atoms with Gasteiger partial charge in [-0.15, -0.1) is 11.3 Å². The number of hydrogen-bond acceptors (Lipinski definition) is 10. The third-order valence-corrected chi connectivity index (χ3v) is 8.86. The summed E-state index contributed by atoms with van der Waals surface area (Å²) in [6.07, 6.45) is 1.16. The quantitative estimate of drug-likeness (QED) is 0.242. The second-order valence-electron chi connectivity index (χ2n) is 9.40. The van der Waals surface area contributed by atoms with Crippen LogP contribution in [-0.2, 0) is 25.1 Å². The van der Waals surface area contributed by atoms with E-state index in [1.54, 1.807) is 31.1 Å². The molecule has 1 heterocycles. The summed E-state index contributed by atoms with van der Waals surface area (Å²) in [4.78, 5) is 17.7. The molecule has 0 spiro atoms. The highest BCUT2D eigenvalue weighted by molar-refractivity contribution is 7.90. The van der Waals surface area contributed by atoms with Crippen molar-refractivity contribution in [2.45, 2.75) is 50.5 Å².